The normalized spacial score (nSPS) is 11.8. The van der Waals surface area contributed by atoms with Crippen LogP contribution in [0.4, 0.5) is 0 Å². The predicted molar refractivity (Wildman–Crippen MR) is 91.0 cm³/mol. The number of esters is 3. The van der Waals surface area contributed by atoms with Gasteiger partial charge in [-0.3, -0.25) is 0 Å². The zero-order valence-corrected chi connectivity index (χ0v) is 15.0. The van der Waals surface area contributed by atoms with E-state index in [1.165, 1.54) is 50.3 Å². The SMILES string of the molecule is COC(=O)/C=C(/CSCCS/C(=C\S)C(=O)OC)C(=O)OC. The Balaban J connectivity index is 4.30. The van der Waals surface area contributed by atoms with Crippen molar-refractivity contribution in [2.45, 2.75) is 0 Å². The fourth-order valence-corrected chi connectivity index (χ4v) is 3.33. The zero-order chi connectivity index (χ0) is 17.0. The van der Waals surface area contributed by atoms with Crippen LogP contribution in [0.2, 0.25) is 0 Å². The summed E-state index contributed by atoms with van der Waals surface area (Å²) < 4.78 is 13.7. The average Bonchev–Trinajstić information content (AvgIpc) is 2.55. The van der Waals surface area contributed by atoms with E-state index < -0.39 is 17.9 Å². The van der Waals surface area contributed by atoms with Crippen LogP contribution in [0.15, 0.2) is 22.0 Å². The highest BCUT2D eigenvalue weighted by Crippen LogP contribution is 2.20. The number of thioether (sulfide) groups is 2. The quantitative estimate of drug-likeness (QED) is 0.217. The molecule has 0 N–H and O–H groups in total. The molecule has 0 rings (SSSR count). The van der Waals surface area contributed by atoms with Crippen LogP contribution in [-0.4, -0.2) is 56.5 Å². The molecule has 0 aromatic carbocycles. The van der Waals surface area contributed by atoms with Crippen molar-refractivity contribution < 1.29 is 28.6 Å². The van der Waals surface area contributed by atoms with Gasteiger partial charge >= 0.3 is 17.9 Å². The molecule has 0 radical (unpaired) electrons. The summed E-state index contributed by atoms with van der Waals surface area (Å²) in [6, 6.07) is 0. The van der Waals surface area contributed by atoms with Gasteiger partial charge in [0.15, 0.2) is 0 Å². The molecule has 22 heavy (non-hydrogen) atoms. The molecule has 0 heterocycles. The van der Waals surface area contributed by atoms with Crippen molar-refractivity contribution in [3.05, 3.63) is 22.0 Å². The summed E-state index contributed by atoms with van der Waals surface area (Å²) in [6.07, 6.45) is 1.11. The van der Waals surface area contributed by atoms with Crippen molar-refractivity contribution in [3.63, 3.8) is 0 Å². The monoisotopic (exact) mass is 366 g/mol. The summed E-state index contributed by atoms with van der Waals surface area (Å²) >= 11 is 6.67. The number of methoxy groups -OCH3 is 3. The molecule has 0 unspecified atom stereocenters. The molecule has 0 aliphatic heterocycles. The smallest absolute Gasteiger partial charge is 0.344 e. The van der Waals surface area contributed by atoms with Gasteiger partial charge in [0.1, 0.15) is 0 Å². The Hall–Kier alpha value is -1.06. The molecular formula is C13H18O6S3. The largest absolute Gasteiger partial charge is 0.466 e. The van der Waals surface area contributed by atoms with E-state index in [9.17, 15) is 14.4 Å². The van der Waals surface area contributed by atoms with E-state index >= 15 is 0 Å². The molecule has 0 aliphatic rings. The molecule has 0 aromatic heterocycles. The molecule has 0 bridgehead atoms. The van der Waals surface area contributed by atoms with Gasteiger partial charge in [-0.2, -0.15) is 11.8 Å². The molecule has 124 valence electrons. The first-order chi connectivity index (χ1) is 10.5. The summed E-state index contributed by atoms with van der Waals surface area (Å²) in [5.74, 6) is -0.0371. The number of ether oxygens (including phenoxy) is 3. The van der Waals surface area contributed by atoms with E-state index in [1.54, 1.807) is 0 Å². The van der Waals surface area contributed by atoms with Gasteiger partial charge in [-0.05, 0) is 5.41 Å². The van der Waals surface area contributed by atoms with Gasteiger partial charge in [0.2, 0.25) is 0 Å². The van der Waals surface area contributed by atoms with Crippen LogP contribution >= 0.6 is 36.2 Å². The number of thiol groups is 1. The Morgan fingerprint density at radius 3 is 2.14 bits per heavy atom. The molecule has 0 saturated heterocycles. The lowest BCUT2D eigenvalue weighted by Crippen LogP contribution is -2.10. The van der Waals surface area contributed by atoms with E-state index in [0.717, 1.165) is 6.08 Å². The van der Waals surface area contributed by atoms with Crippen LogP contribution in [0.5, 0.6) is 0 Å². The van der Waals surface area contributed by atoms with Crippen LogP contribution in [0.3, 0.4) is 0 Å². The zero-order valence-electron chi connectivity index (χ0n) is 12.5. The number of carbonyl (C=O) groups is 3. The summed E-state index contributed by atoms with van der Waals surface area (Å²) in [6.45, 7) is 0. The Labute approximate surface area is 143 Å². The fourth-order valence-electron chi connectivity index (χ4n) is 1.13. The molecule has 0 spiro atoms. The molecule has 0 aliphatic carbocycles. The van der Waals surface area contributed by atoms with Gasteiger partial charge in [0, 0.05) is 23.3 Å². The third-order valence-corrected chi connectivity index (χ3v) is 4.89. The molecule has 0 atom stereocenters. The Bertz CT molecular complexity index is 459. The maximum atomic E-state index is 11.5. The first kappa shape index (κ1) is 20.9. The summed E-state index contributed by atoms with van der Waals surface area (Å²) in [5.41, 5.74) is 0.224. The van der Waals surface area contributed by atoms with Crippen molar-refractivity contribution in [2.24, 2.45) is 0 Å². The second kappa shape index (κ2) is 12.5. The lowest BCUT2D eigenvalue weighted by Gasteiger charge is -2.06. The van der Waals surface area contributed by atoms with E-state index in [2.05, 4.69) is 26.8 Å². The molecular weight excluding hydrogens is 348 g/mol. The second-order valence-electron chi connectivity index (χ2n) is 3.57. The number of hydrogen-bond acceptors (Lipinski definition) is 9. The predicted octanol–water partition coefficient (Wildman–Crippen LogP) is 1.67. The molecule has 0 fully saturated rings. The van der Waals surface area contributed by atoms with E-state index in [-0.39, 0.29) is 5.57 Å². The van der Waals surface area contributed by atoms with Gasteiger partial charge in [-0.25, -0.2) is 14.4 Å². The first-order valence-corrected chi connectivity index (χ1v) is 8.65. The lowest BCUT2D eigenvalue weighted by molar-refractivity contribution is -0.138. The van der Waals surface area contributed by atoms with Crippen LogP contribution in [0.1, 0.15) is 0 Å². The highest BCUT2D eigenvalue weighted by atomic mass is 32.2. The Morgan fingerprint density at radius 1 is 1.00 bits per heavy atom. The Kier molecular flexibility index (Phi) is 11.9. The van der Waals surface area contributed by atoms with Crippen LogP contribution in [0, 0.1) is 0 Å². The van der Waals surface area contributed by atoms with Gasteiger partial charge < -0.3 is 14.2 Å². The number of rotatable bonds is 9. The van der Waals surface area contributed by atoms with Crippen molar-refractivity contribution in [3.8, 4) is 0 Å². The maximum absolute atomic E-state index is 11.5. The first-order valence-electron chi connectivity index (χ1n) is 6.00. The van der Waals surface area contributed by atoms with Crippen molar-refractivity contribution >= 4 is 54.1 Å². The second-order valence-corrected chi connectivity index (χ2v) is 6.07. The van der Waals surface area contributed by atoms with Crippen molar-refractivity contribution in [2.75, 3.05) is 38.6 Å². The minimum Gasteiger partial charge on any atom is -0.466 e. The Morgan fingerprint density at radius 2 is 1.64 bits per heavy atom. The topological polar surface area (TPSA) is 78.9 Å². The van der Waals surface area contributed by atoms with Gasteiger partial charge in [0.05, 0.1) is 31.8 Å². The van der Waals surface area contributed by atoms with Gasteiger partial charge in [-0.15, -0.1) is 24.4 Å². The van der Waals surface area contributed by atoms with Crippen LogP contribution in [-0.2, 0) is 28.6 Å². The van der Waals surface area contributed by atoms with Crippen LogP contribution in [0.25, 0.3) is 0 Å². The number of hydrogen-bond donors (Lipinski definition) is 1. The average molecular weight is 366 g/mol. The molecule has 0 aromatic rings. The van der Waals surface area contributed by atoms with Crippen LogP contribution < -0.4 is 0 Å². The van der Waals surface area contributed by atoms with Gasteiger partial charge in [-0.1, -0.05) is 0 Å². The lowest BCUT2D eigenvalue weighted by atomic mass is 10.3. The number of carbonyl (C=O) groups excluding carboxylic acids is 3. The molecule has 0 saturated carbocycles. The molecule has 9 heteroatoms. The minimum absolute atomic E-state index is 0.224. The van der Waals surface area contributed by atoms with E-state index in [4.69, 9.17) is 0 Å². The van der Waals surface area contributed by atoms with E-state index in [1.807, 2.05) is 0 Å². The minimum atomic E-state index is -0.610. The highest BCUT2D eigenvalue weighted by molar-refractivity contribution is 8.06. The summed E-state index contributed by atoms with van der Waals surface area (Å²) in [5, 5.41) is 1.39. The fraction of sp³-hybridized carbons (Fsp3) is 0.462. The highest BCUT2D eigenvalue weighted by Gasteiger charge is 2.13. The third-order valence-electron chi connectivity index (χ3n) is 2.19. The molecule has 0 amide bonds. The van der Waals surface area contributed by atoms with Gasteiger partial charge in [0.25, 0.3) is 0 Å². The standard InChI is InChI=1S/C13H18O6S3/c1-17-11(14)6-9(12(15)18-2)8-21-4-5-22-10(7-20)13(16)19-3/h6-7,20H,4-5,8H2,1-3H3/b9-6-,10-7-. The van der Waals surface area contributed by atoms with E-state index in [0.29, 0.717) is 22.2 Å². The summed E-state index contributed by atoms with van der Waals surface area (Å²) in [7, 11) is 3.78. The third kappa shape index (κ3) is 8.40. The van der Waals surface area contributed by atoms with Crippen molar-refractivity contribution in [1.29, 1.82) is 0 Å². The van der Waals surface area contributed by atoms with Crippen molar-refractivity contribution in [1.82, 2.24) is 0 Å². The maximum Gasteiger partial charge on any atom is 0.344 e. The summed E-state index contributed by atoms with van der Waals surface area (Å²) in [4.78, 5) is 34.4. The molecule has 6 nitrogen and oxygen atoms in total.